The molecule has 2 aliphatic heterocycles. The molecular formula is C15H24N4OS. The Morgan fingerprint density at radius 2 is 2.38 bits per heavy atom. The lowest BCUT2D eigenvalue weighted by Gasteiger charge is -2.37. The summed E-state index contributed by atoms with van der Waals surface area (Å²) in [5, 5.41) is 3.40. The summed E-state index contributed by atoms with van der Waals surface area (Å²) >= 11 is 1.94. The lowest BCUT2D eigenvalue weighted by Crippen LogP contribution is -2.46. The molecule has 5 nitrogen and oxygen atoms in total. The van der Waals surface area contributed by atoms with Crippen LogP contribution >= 0.6 is 11.8 Å². The Morgan fingerprint density at radius 1 is 1.52 bits per heavy atom. The standard InChI is InChI=1S/C15H24N4OS/c1-15(2)10-18(6-7-21-15)14(20)13-9-19(11-17-13)12-4-3-5-16-8-12/h9,11-12,16H,3-8,10H2,1-2H3. The van der Waals surface area contributed by atoms with Crippen molar-refractivity contribution in [3.05, 3.63) is 18.2 Å². The zero-order chi connectivity index (χ0) is 14.9. The van der Waals surface area contributed by atoms with Gasteiger partial charge in [-0.1, -0.05) is 0 Å². The molecule has 2 fully saturated rings. The molecule has 0 saturated carbocycles. The van der Waals surface area contributed by atoms with E-state index in [0.717, 1.165) is 38.4 Å². The van der Waals surface area contributed by atoms with Crippen molar-refractivity contribution in [2.45, 2.75) is 37.5 Å². The number of carbonyl (C=O) groups is 1. The van der Waals surface area contributed by atoms with Gasteiger partial charge in [-0.3, -0.25) is 4.79 Å². The van der Waals surface area contributed by atoms with E-state index in [0.29, 0.717) is 11.7 Å². The molecule has 1 aromatic heterocycles. The van der Waals surface area contributed by atoms with E-state index in [1.807, 2.05) is 29.2 Å². The van der Waals surface area contributed by atoms with E-state index in [-0.39, 0.29) is 10.7 Å². The van der Waals surface area contributed by atoms with Crippen LogP contribution in [0.1, 0.15) is 43.2 Å². The van der Waals surface area contributed by atoms with Gasteiger partial charge in [0, 0.05) is 42.4 Å². The molecule has 3 rings (SSSR count). The van der Waals surface area contributed by atoms with Crippen molar-refractivity contribution in [2.24, 2.45) is 0 Å². The fraction of sp³-hybridized carbons (Fsp3) is 0.733. The van der Waals surface area contributed by atoms with Gasteiger partial charge in [-0.15, -0.1) is 0 Å². The molecule has 1 N–H and O–H groups in total. The highest BCUT2D eigenvalue weighted by molar-refractivity contribution is 8.00. The molecule has 1 atom stereocenters. The van der Waals surface area contributed by atoms with Crippen molar-refractivity contribution in [3.63, 3.8) is 0 Å². The number of hydrogen-bond donors (Lipinski definition) is 1. The normalized spacial score (nSPS) is 25.8. The van der Waals surface area contributed by atoms with Crippen LogP contribution in [0.5, 0.6) is 0 Å². The Kier molecular flexibility index (Phi) is 4.26. The van der Waals surface area contributed by atoms with Gasteiger partial charge in [-0.2, -0.15) is 11.8 Å². The maximum Gasteiger partial charge on any atom is 0.274 e. The minimum Gasteiger partial charge on any atom is -0.335 e. The summed E-state index contributed by atoms with van der Waals surface area (Å²) in [5.41, 5.74) is 0.586. The van der Waals surface area contributed by atoms with Crippen molar-refractivity contribution >= 4 is 17.7 Å². The fourth-order valence-corrected chi connectivity index (χ4v) is 4.20. The third kappa shape index (κ3) is 3.43. The summed E-state index contributed by atoms with van der Waals surface area (Å²) in [6.07, 6.45) is 6.08. The first kappa shape index (κ1) is 14.9. The van der Waals surface area contributed by atoms with Gasteiger partial charge in [0.05, 0.1) is 6.33 Å². The van der Waals surface area contributed by atoms with Gasteiger partial charge in [0.25, 0.3) is 5.91 Å². The summed E-state index contributed by atoms with van der Waals surface area (Å²) in [5.74, 6) is 1.08. The summed E-state index contributed by atoms with van der Waals surface area (Å²) in [6, 6.07) is 0.432. The topological polar surface area (TPSA) is 50.2 Å². The first-order valence-corrected chi connectivity index (χ1v) is 8.71. The number of carbonyl (C=O) groups excluding carboxylic acids is 1. The molecule has 3 heterocycles. The van der Waals surface area contributed by atoms with E-state index in [4.69, 9.17) is 0 Å². The van der Waals surface area contributed by atoms with E-state index >= 15 is 0 Å². The predicted octanol–water partition coefficient (Wildman–Crippen LogP) is 1.78. The molecule has 0 spiro atoms. The van der Waals surface area contributed by atoms with E-state index in [1.54, 1.807) is 0 Å². The number of rotatable bonds is 2. The van der Waals surface area contributed by atoms with Crippen molar-refractivity contribution in [1.82, 2.24) is 19.8 Å². The van der Waals surface area contributed by atoms with Crippen molar-refractivity contribution in [1.29, 1.82) is 0 Å². The highest BCUT2D eigenvalue weighted by atomic mass is 32.2. The van der Waals surface area contributed by atoms with E-state index in [2.05, 4.69) is 28.7 Å². The van der Waals surface area contributed by atoms with Crippen LogP contribution in [0.25, 0.3) is 0 Å². The van der Waals surface area contributed by atoms with E-state index in [1.165, 1.54) is 6.42 Å². The molecule has 6 heteroatoms. The molecule has 116 valence electrons. The summed E-state index contributed by atoms with van der Waals surface area (Å²) < 4.78 is 2.24. The lowest BCUT2D eigenvalue weighted by molar-refractivity contribution is 0.0742. The van der Waals surface area contributed by atoms with Crippen molar-refractivity contribution in [3.8, 4) is 0 Å². The Labute approximate surface area is 130 Å². The minimum absolute atomic E-state index is 0.0749. The molecule has 1 unspecified atom stereocenters. The third-order valence-corrected chi connectivity index (χ3v) is 5.52. The molecule has 0 aromatic carbocycles. The minimum atomic E-state index is 0.0749. The van der Waals surface area contributed by atoms with Crippen LogP contribution < -0.4 is 5.32 Å². The molecule has 21 heavy (non-hydrogen) atoms. The lowest BCUT2D eigenvalue weighted by atomic mass is 10.1. The van der Waals surface area contributed by atoms with Gasteiger partial charge in [0.2, 0.25) is 0 Å². The number of amides is 1. The Bertz CT molecular complexity index is 508. The molecular weight excluding hydrogens is 284 g/mol. The fourth-order valence-electron chi connectivity index (χ4n) is 3.09. The number of imidazole rings is 1. The van der Waals surface area contributed by atoms with Gasteiger partial charge in [0.15, 0.2) is 0 Å². The smallest absolute Gasteiger partial charge is 0.274 e. The largest absolute Gasteiger partial charge is 0.335 e. The zero-order valence-corrected chi connectivity index (χ0v) is 13.7. The summed E-state index contributed by atoms with van der Waals surface area (Å²) in [4.78, 5) is 18.9. The Balaban J connectivity index is 1.69. The third-order valence-electron chi connectivity index (χ3n) is 4.23. The van der Waals surface area contributed by atoms with E-state index in [9.17, 15) is 4.79 Å². The number of nitrogens with zero attached hydrogens (tertiary/aromatic N) is 3. The quantitative estimate of drug-likeness (QED) is 0.905. The van der Waals surface area contributed by atoms with Gasteiger partial charge in [0.1, 0.15) is 5.69 Å². The number of piperidine rings is 1. The highest BCUT2D eigenvalue weighted by Crippen LogP contribution is 2.30. The summed E-state index contributed by atoms with van der Waals surface area (Å²) in [6.45, 7) is 8.08. The van der Waals surface area contributed by atoms with Crippen molar-refractivity contribution in [2.75, 3.05) is 31.9 Å². The Hall–Kier alpha value is -1.01. The second-order valence-corrected chi connectivity index (χ2v) is 8.34. The van der Waals surface area contributed by atoms with Gasteiger partial charge >= 0.3 is 0 Å². The maximum absolute atomic E-state index is 12.6. The average molecular weight is 308 g/mol. The number of nitrogens with one attached hydrogen (secondary N) is 1. The van der Waals surface area contributed by atoms with Gasteiger partial charge in [-0.25, -0.2) is 4.98 Å². The van der Waals surface area contributed by atoms with Crippen LogP contribution in [0.3, 0.4) is 0 Å². The molecule has 2 aliphatic rings. The van der Waals surface area contributed by atoms with Crippen LogP contribution in [-0.2, 0) is 0 Å². The maximum atomic E-state index is 12.6. The van der Waals surface area contributed by atoms with Crippen LogP contribution in [0.2, 0.25) is 0 Å². The summed E-state index contributed by atoms with van der Waals surface area (Å²) in [7, 11) is 0. The van der Waals surface area contributed by atoms with Gasteiger partial charge < -0.3 is 14.8 Å². The van der Waals surface area contributed by atoms with Crippen LogP contribution in [0.15, 0.2) is 12.5 Å². The second kappa shape index (κ2) is 6.01. The monoisotopic (exact) mass is 308 g/mol. The second-order valence-electron chi connectivity index (χ2n) is 6.54. The molecule has 1 aromatic rings. The molecule has 1 amide bonds. The van der Waals surface area contributed by atoms with Gasteiger partial charge in [-0.05, 0) is 33.2 Å². The van der Waals surface area contributed by atoms with Crippen LogP contribution in [0.4, 0.5) is 0 Å². The number of thioether (sulfide) groups is 1. The molecule has 2 saturated heterocycles. The number of aromatic nitrogens is 2. The number of hydrogen-bond acceptors (Lipinski definition) is 4. The Morgan fingerprint density at radius 3 is 3.10 bits per heavy atom. The SMILES string of the molecule is CC1(C)CN(C(=O)c2cn(C3CCCNC3)cn2)CCS1. The van der Waals surface area contributed by atoms with Crippen molar-refractivity contribution < 1.29 is 4.79 Å². The highest BCUT2D eigenvalue weighted by Gasteiger charge is 2.31. The van der Waals surface area contributed by atoms with Crippen LogP contribution in [0, 0.1) is 0 Å². The van der Waals surface area contributed by atoms with E-state index < -0.39 is 0 Å². The molecule has 0 aliphatic carbocycles. The first-order chi connectivity index (χ1) is 10.1. The zero-order valence-electron chi connectivity index (χ0n) is 12.8. The molecule has 0 bridgehead atoms. The van der Waals surface area contributed by atoms with Crippen LogP contribution in [-0.4, -0.2) is 57.0 Å². The average Bonchev–Trinajstić information content (AvgIpc) is 2.96. The predicted molar refractivity (Wildman–Crippen MR) is 85.8 cm³/mol. The molecule has 0 radical (unpaired) electrons. The first-order valence-electron chi connectivity index (χ1n) is 7.73.